The van der Waals surface area contributed by atoms with Crippen molar-refractivity contribution in [2.24, 2.45) is 0 Å². The lowest BCUT2D eigenvalue weighted by Gasteiger charge is -2.08. The molecule has 0 aromatic carbocycles. The number of nitrogens with zero attached hydrogens (tertiary/aromatic N) is 1. The number of anilines is 1. The Morgan fingerprint density at radius 1 is 1.39 bits per heavy atom. The number of pyridine rings is 1. The predicted molar refractivity (Wildman–Crippen MR) is 62.8 cm³/mol. The Bertz CT molecular complexity index is 664. The summed E-state index contributed by atoms with van der Waals surface area (Å²) in [4.78, 5) is 17.1. The maximum Gasteiger partial charge on any atom is 0.356 e. The van der Waals surface area contributed by atoms with Gasteiger partial charge in [-0.25, -0.2) is 18.2 Å². The number of carbonyl (C=O) groups is 1. The summed E-state index contributed by atoms with van der Waals surface area (Å²) in [5, 5.41) is 8.89. The van der Waals surface area contributed by atoms with Crippen LogP contribution in [-0.4, -0.2) is 29.5 Å². The minimum absolute atomic E-state index is 0.0164. The number of aromatic amines is 1. The van der Waals surface area contributed by atoms with Gasteiger partial charge in [-0.1, -0.05) is 0 Å². The number of sulfonamides is 1. The van der Waals surface area contributed by atoms with E-state index in [0.29, 0.717) is 0 Å². The summed E-state index contributed by atoms with van der Waals surface area (Å²) < 4.78 is 26.0. The molecule has 2 aromatic heterocycles. The molecule has 0 unspecified atom stereocenters. The molecular formula is C10H9N3O4S. The molecule has 2 aromatic rings. The molecule has 0 spiro atoms. The van der Waals surface area contributed by atoms with Crippen LogP contribution in [-0.2, 0) is 10.0 Å². The molecule has 2 rings (SSSR count). The molecule has 3 N–H and O–H groups in total. The van der Waals surface area contributed by atoms with Gasteiger partial charge in [0, 0.05) is 18.6 Å². The predicted octanol–water partition coefficient (Wildman–Crippen LogP) is 0.909. The van der Waals surface area contributed by atoms with Gasteiger partial charge in [0.15, 0.2) is 5.69 Å². The van der Waals surface area contributed by atoms with E-state index in [1.165, 1.54) is 36.8 Å². The van der Waals surface area contributed by atoms with E-state index >= 15 is 0 Å². The Labute approximate surface area is 103 Å². The van der Waals surface area contributed by atoms with Gasteiger partial charge in [-0.3, -0.25) is 4.72 Å². The van der Waals surface area contributed by atoms with Gasteiger partial charge < -0.3 is 10.1 Å². The van der Waals surface area contributed by atoms with E-state index in [-0.39, 0.29) is 16.3 Å². The average molecular weight is 267 g/mol. The largest absolute Gasteiger partial charge is 0.476 e. The molecule has 2 heterocycles. The van der Waals surface area contributed by atoms with E-state index in [9.17, 15) is 13.2 Å². The van der Waals surface area contributed by atoms with Crippen LogP contribution in [0.25, 0.3) is 0 Å². The highest BCUT2D eigenvalue weighted by atomic mass is 32.2. The van der Waals surface area contributed by atoms with Gasteiger partial charge in [0.1, 0.15) is 4.90 Å². The van der Waals surface area contributed by atoms with Crippen LogP contribution in [0.2, 0.25) is 0 Å². The van der Waals surface area contributed by atoms with Crippen molar-refractivity contribution in [3.63, 3.8) is 0 Å². The average Bonchev–Trinajstić information content (AvgIpc) is 2.83. The van der Waals surface area contributed by atoms with Crippen LogP contribution in [0, 0.1) is 0 Å². The lowest BCUT2D eigenvalue weighted by atomic mass is 10.3. The highest BCUT2D eigenvalue weighted by Gasteiger charge is 2.19. The summed E-state index contributed by atoms with van der Waals surface area (Å²) in [7, 11) is -3.81. The number of nitrogens with one attached hydrogen (secondary N) is 2. The maximum atomic E-state index is 11.9. The van der Waals surface area contributed by atoms with E-state index < -0.39 is 16.0 Å². The van der Waals surface area contributed by atoms with Gasteiger partial charge >= 0.3 is 5.97 Å². The van der Waals surface area contributed by atoms with Gasteiger partial charge in [-0.2, -0.15) is 0 Å². The first-order valence-corrected chi connectivity index (χ1v) is 6.33. The van der Waals surface area contributed by atoms with Gasteiger partial charge in [0.2, 0.25) is 0 Å². The zero-order valence-electron chi connectivity index (χ0n) is 8.99. The molecule has 8 heteroatoms. The number of carboxylic acid groups (broad SMARTS) is 1. The molecule has 0 atom stereocenters. The lowest BCUT2D eigenvalue weighted by molar-refractivity contribution is 0.0692. The summed E-state index contributed by atoms with van der Waals surface area (Å²) in [5.74, 6) is -1.30. The number of carboxylic acids is 1. The van der Waals surface area contributed by atoms with Crippen LogP contribution >= 0.6 is 0 Å². The first-order chi connectivity index (χ1) is 8.50. The molecule has 0 amide bonds. The zero-order valence-corrected chi connectivity index (χ0v) is 9.81. The molecule has 0 aliphatic carbocycles. The lowest BCUT2D eigenvalue weighted by Crippen LogP contribution is -2.15. The molecule has 0 fully saturated rings. The smallest absolute Gasteiger partial charge is 0.356 e. The van der Waals surface area contributed by atoms with Crippen molar-refractivity contribution in [2.75, 3.05) is 4.72 Å². The van der Waals surface area contributed by atoms with E-state index in [1.54, 1.807) is 0 Å². The third-order valence-electron chi connectivity index (χ3n) is 2.13. The minimum atomic E-state index is -3.81. The Morgan fingerprint density at radius 2 is 2.17 bits per heavy atom. The van der Waals surface area contributed by atoms with Crippen molar-refractivity contribution >= 4 is 21.7 Å². The first kappa shape index (κ1) is 12.1. The fourth-order valence-corrected chi connectivity index (χ4v) is 2.38. The monoisotopic (exact) mass is 267 g/mol. The van der Waals surface area contributed by atoms with E-state index in [1.807, 2.05) is 0 Å². The number of hydrogen-bond donors (Lipinski definition) is 3. The third kappa shape index (κ3) is 2.33. The second-order valence-electron chi connectivity index (χ2n) is 3.36. The summed E-state index contributed by atoms with van der Waals surface area (Å²) in [6, 6.07) is 4.14. The minimum Gasteiger partial charge on any atom is -0.476 e. The Morgan fingerprint density at radius 3 is 2.78 bits per heavy atom. The quantitative estimate of drug-likeness (QED) is 0.762. The maximum absolute atomic E-state index is 11.9. The second-order valence-corrected chi connectivity index (χ2v) is 5.04. The Hall–Kier alpha value is -2.35. The van der Waals surface area contributed by atoms with Crippen molar-refractivity contribution in [1.29, 1.82) is 0 Å². The third-order valence-corrected chi connectivity index (χ3v) is 3.50. The van der Waals surface area contributed by atoms with Crippen LogP contribution < -0.4 is 4.72 Å². The topological polar surface area (TPSA) is 112 Å². The second kappa shape index (κ2) is 4.49. The SMILES string of the molecule is O=C(O)c1ncccc1NS(=O)(=O)c1cc[nH]c1. The summed E-state index contributed by atoms with van der Waals surface area (Å²) >= 11 is 0. The van der Waals surface area contributed by atoms with Gasteiger partial charge in [0.25, 0.3) is 10.0 Å². The summed E-state index contributed by atoms with van der Waals surface area (Å²) in [6.07, 6.45) is 4.02. The van der Waals surface area contributed by atoms with Gasteiger partial charge in [0.05, 0.1) is 5.69 Å². The van der Waals surface area contributed by atoms with Crippen molar-refractivity contribution in [3.05, 3.63) is 42.5 Å². The van der Waals surface area contributed by atoms with Crippen LogP contribution in [0.1, 0.15) is 10.5 Å². The number of aromatic nitrogens is 2. The van der Waals surface area contributed by atoms with Crippen LogP contribution in [0.5, 0.6) is 0 Å². The highest BCUT2D eigenvalue weighted by molar-refractivity contribution is 7.92. The molecular weight excluding hydrogens is 258 g/mol. The highest BCUT2D eigenvalue weighted by Crippen LogP contribution is 2.17. The van der Waals surface area contributed by atoms with Crippen LogP contribution in [0.15, 0.2) is 41.7 Å². The Kier molecular flexibility index (Phi) is 3.02. The first-order valence-electron chi connectivity index (χ1n) is 4.84. The van der Waals surface area contributed by atoms with Crippen LogP contribution in [0.4, 0.5) is 5.69 Å². The zero-order chi connectivity index (χ0) is 13.2. The molecule has 7 nitrogen and oxygen atoms in total. The van der Waals surface area contributed by atoms with Crippen molar-refractivity contribution in [2.45, 2.75) is 4.90 Å². The molecule has 0 bridgehead atoms. The molecule has 94 valence electrons. The molecule has 0 radical (unpaired) electrons. The van der Waals surface area contributed by atoms with E-state index in [2.05, 4.69) is 14.7 Å². The molecule has 0 aliphatic heterocycles. The number of aromatic carboxylic acids is 1. The number of hydrogen-bond acceptors (Lipinski definition) is 4. The van der Waals surface area contributed by atoms with Crippen LogP contribution in [0.3, 0.4) is 0 Å². The molecule has 0 saturated carbocycles. The van der Waals surface area contributed by atoms with E-state index in [0.717, 1.165) is 0 Å². The number of H-pyrrole nitrogens is 1. The summed E-state index contributed by atoms with van der Waals surface area (Å²) in [5.41, 5.74) is -0.428. The fraction of sp³-hybridized carbons (Fsp3) is 0. The van der Waals surface area contributed by atoms with Crippen molar-refractivity contribution in [1.82, 2.24) is 9.97 Å². The fourth-order valence-electron chi connectivity index (χ4n) is 1.34. The van der Waals surface area contributed by atoms with Crippen molar-refractivity contribution < 1.29 is 18.3 Å². The number of rotatable bonds is 4. The van der Waals surface area contributed by atoms with Crippen molar-refractivity contribution in [3.8, 4) is 0 Å². The molecule has 0 aliphatic rings. The van der Waals surface area contributed by atoms with Gasteiger partial charge in [-0.05, 0) is 18.2 Å². The standard InChI is InChI=1S/C10H9N3O4S/c14-10(15)9-8(2-1-4-12-9)13-18(16,17)7-3-5-11-6-7/h1-6,11,13H,(H,14,15). The Balaban J connectivity index is 2.39. The molecule has 18 heavy (non-hydrogen) atoms. The summed E-state index contributed by atoms with van der Waals surface area (Å²) in [6.45, 7) is 0. The van der Waals surface area contributed by atoms with E-state index in [4.69, 9.17) is 5.11 Å². The molecule has 0 saturated heterocycles. The van der Waals surface area contributed by atoms with Gasteiger partial charge in [-0.15, -0.1) is 0 Å². The normalized spacial score (nSPS) is 11.1.